The molecule has 1 aliphatic rings. The van der Waals surface area contributed by atoms with Crippen molar-refractivity contribution in [3.63, 3.8) is 0 Å². The second-order valence-corrected chi connectivity index (χ2v) is 5.59. The number of rotatable bonds is 4. The van der Waals surface area contributed by atoms with Crippen molar-refractivity contribution in [3.05, 3.63) is 65.7 Å². The minimum Gasteiger partial charge on any atom is -0.485 e. The Bertz CT molecular complexity index is 585. The molecule has 110 valence electrons. The van der Waals surface area contributed by atoms with Gasteiger partial charge in [-0.2, -0.15) is 0 Å². The van der Waals surface area contributed by atoms with E-state index in [-0.39, 0.29) is 24.8 Å². The summed E-state index contributed by atoms with van der Waals surface area (Å²) in [6.07, 6.45) is 0.912. The maximum Gasteiger partial charge on any atom is 0.126 e. The molecular formula is C18H21NO2. The number of nitrogens with one attached hydrogen (secondary N) is 1. The zero-order valence-electron chi connectivity index (χ0n) is 12.2. The normalized spacial score (nSPS) is 22.2. The van der Waals surface area contributed by atoms with Crippen LogP contribution in [0.5, 0.6) is 5.75 Å². The first kappa shape index (κ1) is 14.1. The summed E-state index contributed by atoms with van der Waals surface area (Å²) in [7, 11) is 0. The summed E-state index contributed by atoms with van der Waals surface area (Å²) in [4.78, 5) is 0. The Hall–Kier alpha value is -1.84. The molecule has 3 atom stereocenters. The van der Waals surface area contributed by atoms with Crippen LogP contribution in [-0.2, 0) is 0 Å². The van der Waals surface area contributed by atoms with Crippen molar-refractivity contribution in [1.29, 1.82) is 0 Å². The zero-order valence-corrected chi connectivity index (χ0v) is 12.2. The van der Waals surface area contributed by atoms with Crippen LogP contribution in [0, 0.1) is 0 Å². The monoisotopic (exact) mass is 283 g/mol. The fourth-order valence-corrected chi connectivity index (χ4v) is 2.84. The van der Waals surface area contributed by atoms with E-state index in [0.29, 0.717) is 0 Å². The van der Waals surface area contributed by atoms with Crippen molar-refractivity contribution in [2.75, 3.05) is 6.61 Å². The molecule has 0 unspecified atom stereocenters. The number of ether oxygens (including phenoxy) is 1. The quantitative estimate of drug-likeness (QED) is 0.905. The van der Waals surface area contributed by atoms with Crippen molar-refractivity contribution in [2.45, 2.75) is 31.5 Å². The molecule has 2 N–H and O–H groups in total. The van der Waals surface area contributed by atoms with Gasteiger partial charge < -0.3 is 15.2 Å². The molecule has 0 amide bonds. The van der Waals surface area contributed by atoms with E-state index in [4.69, 9.17) is 4.74 Å². The molecule has 3 rings (SSSR count). The average Bonchev–Trinajstić information content (AvgIpc) is 2.55. The molecule has 0 bridgehead atoms. The highest BCUT2D eigenvalue weighted by Gasteiger charge is 2.29. The Kier molecular flexibility index (Phi) is 4.23. The van der Waals surface area contributed by atoms with E-state index in [2.05, 4.69) is 23.5 Å². The number of fused-ring (bicyclic) bond motifs is 1. The van der Waals surface area contributed by atoms with Crippen LogP contribution >= 0.6 is 0 Å². The Morgan fingerprint density at radius 2 is 1.86 bits per heavy atom. The van der Waals surface area contributed by atoms with Crippen LogP contribution in [0.4, 0.5) is 0 Å². The molecule has 0 spiro atoms. The van der Waals surface area contributed by atoms with E-state index in [1.165, 1.54) is 11.1 Å². The van der Waals surface area contributed by atoms with Gasteiger partial charge in [0.05, 0.1) is 6.61 Å². The van der Waals surface area contributed by atoms with Crippen LogP contribution in [0.1, 0.15) is 36.6 Å². The van der Waals surface area contributed by atoms with Gasteiger partial charge in [-0.3, -0.25) is 0 Å². The molecular weight excluding hydrogens is 262 g/mol. The fourth-order valence-electron chi connectivity index (χ4n) is 2.84. The lowest BCUT2D eigenvalue weighted by Gasteiger charge is -2.34. The number of aliphatic hydroxyl groups is 1. The molecule has 0 saturated carbocycles. The van der Waals surface area contributed by atoms with Gasteiger partial charge in [0.1, 0.15) is 11.9 Å². The molecule has 0 saturated heterocycles. The number of hydrogen-bond acceptors (Lipinski definition) is 3. The lowest BCUT2D eigenvalue weighted by atomic mass is 9.92. The van der Waals surface area contributed by atoms with Crippen LogP contribution in [0.2, 0.25) is 0 Å². The van der Waals surface area contributed by atoms with Crippen LogP contribution < -0.4 is 10.1 Å². The molecule has 2 aromatic rings. The molecule has 0 aromatic heterocycles. The van der Waals surface area contributed by atoms with Crippen LogP contribution in [-0.4, -0.2) is 17.8 Å². The second-order valence-electron chi connectivity index (χ2n) is 5.59. The summed E-state index contributed by atoms with van der Waals surface area (Å²) in [5.41, 5.74) is 2.36. The van der Waals surface area contributed by atoms with Crippen molar-refractivity contribution in [2.24, 2.45) is 0 Å². The molecule has 3 heteroatoms. The van der Waals surface area contributed by atoms with Gasteiger partial charge in [-0.15, -0.1) is 0 Å². The van der Waals surface area contributed by atoms with Gasteiger partial charge in [0.15, 0.2) is 0 Å². The Morgan fingerprint density at radius 1 is 1.14 bits per heavy atom. The maximum absolute atomic E-state index is 9.30. The van der Waals surface area contributed by atoms with Crippen molar-refractivity contribution in [1.82, 2.24) is 5.32 Å². The van der Waals surface area contributed by atoms with Gasteiger partial charge in [-0.25, -0.2) is 0 Å². The van der Waals surface area contributed by atoms with Crippen molar-refractivity contribution in [3.8, 4) is 5.75 Å². The van der Waals surface area contributed by atoms with E-state index < -0.39 is 0 Å². The molecule has 3 nitrogen and oxygen atoms in total. The first-order valence-corrected chi connectivity index (χ1v) is 7.45. The molecule has 2 aromatic carbocycles. The van der Waals surface area contributed by atoms with Crippen molar-refractivity contribution >= 4 is 0 Å². The lowest BCUT2D eigenvalue weighted by Crippen LogP contribution is -2.36. The Balaban J connectivity index is 1.89. The van der Waals surface area contributed by atoms with Gasteiger partial charge >= 0.3 is 0 Å². The topological polar surface area (TPSA) is 41.5 Å². The molecule has 0 aliphatic carbocycles. The summed E-state index contributed by atoms with van der Waals surface area (Å²) >= 11 is 0. The first-order chi connectivity index (χ1) is 10.3. The number of para-hydroxylation sites is 1. The van der Waals surface area contributed by atoms with Gasteiger partial charge in [0.2, 0.25) is 0 Å². The van der Waals surface area contributed by atoms with Gasteiger partial charge in [0.25, 0.3) is 0 Å². The summed E-state index contributed by atoms with van der Waals surface area (Å²) in [5, 5.41) is 12.8. The molecule has 0 fully saturated rings. The Morgan fingerprint density at radius 3 is 2.62 bits per heavy atom. The highest BCUT2D eigenvalue weighted by atomic mass is 16.5. The van der Waals surface area contributed by atoms with E-state index in [1.54, 1.807) is 0 Å². The van der Waals surface area contributed by atoms with Gasteiger partial charge in [-0.05, 0) is 18.6 Å². The number of benzene rings is 2. The zero-order chi connectivity index (χ0) is 14.7. The lowest BCUT2D eigenvalue weighted by molar-refractivity contribution is 0.141. The molecule has 1 aliphatic heterocycles. The summed E-state index contributed by atoms with van der Waals surface area (Å²) < 4.78 is 6.16. The average molecular weight is 283 g/mol. The maximum atomic E-state index is 9.30. The largest absolute Gasteiger partial charge is 0.485 e. The smallest absolute Gasteiger partial charge is 0.126 e. The van der Waals surface area contributed by atoms with E-state index in [9.17, 15) is 5.11 Å². The van der Waals surface area contributed by atoms with E-state index >= 15 is 0 Å². The molecule has 1 heterocycles. The molecule has 21 heavy (non-hydrogen) atoms. The van der Waals surface area contributed by atoms with E-state index in [1.807, 2.05) is 43.3 Å². The summed E-state index contributed by atoms with van der Waals surface area (Å²) in [5.74, 6) is 0.931. The second kappa shape index (κ2) is 6.29. The minimum absolute atomic E-state index is 0.0458. The fraction of sp³-hybridized carbons (Fsp3) is 0.333. The van der Waals surface area contributed by atoms with Crippen LogP contribution in [0.15, 0.2) is 54.6 Å². The minimum atomic E-state index is 0.0458. The summed E-state index contributed by atoms with van der Waals surface area (Å²) in [6.45, 7) is 2.13. The third kappa shape index (κ3) is 3.09. The van der Waals surface area contributed by atoms with Crippen LogP contribution in [0.3, 0.4) is 0 Å². The number of hydrogen-bond donors (Lipinski definition) is 2. The SMILES string of the molecule is C[C@H](CO)N[C@H]1C[C@@H](c2ccccc2)Oc2ccccc21. The number of aliphatic hydroxyl groups excluding tert-OH is 1. The highest BCUT2D eigenvalue weighted by Crippen LogP contribution is 2.40. The third-order valence-corrected chi connectivity index (χ3v) is 3.94. The van der Waals surface area contributed by atoms with Crippen LogP contribution in [0.25, 0.3) is 0 Å². The highest BCUT2D eigenvalue weighted by molar-refractivity contribution is 5.39. The predicted molar refractivity (Wildman–Crippen MR) is 83.3 cm³/mol. The van der Waals surface area contributed by atoms with E-state index in [0.717, 1.165) is 12.2 Å². The van der Waals surface area contributed by atoms with Gasteiger partial charge in [0, 0.05) is 24.1 Å². The van der Waals surface area contributed by atoms with Crippen molar-refractivity contribution < 1.29 is 9.84 Å². The standard InChI is InChI=1S/C18H21NO2/c1-13(12-20)19-16-11-18(14-7-3-2-4-8-14)21-17-10-6-5-9-15(16)17/h2-10,13,16,18-20H,11-12H2,1H3/t13-,16+,18+/m1/s1. The molecule has 0 radical (unpaired) electrons. The summed E-state index contributed by atoms with van der Waals surface area (Å²) in [6, 6.07) is 18.7. The predicted octanol–water partition coefficient (Wildman–Crippen LogP) is 3.22. The van der Waals surface area contributed by atoms with Gasteiger partial charge in [-0.1, -0.05) is 48.5 Å². The first-order valence-electron chi connectivity index (χ1n) is 7.45. The Labute approximate surface area is 125 Å². The third-order valence-electron chi connectivity index (χ3n) is 3.94.